The number of nitrogens with zero attached hydrogens (tertiary/aromatic N) is 6. The van der Waals surface area contributed by atoms with Gasteiger partial charge in [0.25, 0.3) is 0 Å². The lowest BCUT2D eigenvalue weighted by molar-refractivity contribution is 0.0982. The van der Waals surface area contributed by atoms with Gasteiger partial charge in [0.2, 0.25) is 0 Å². The summed E-state index contributed by atoms with van der Waals surface area (Å²) in [7, 11) is 0. The van der Waals surface area contributed by atoms with Gasteiger partial charge in [0.05, 0.1) is 47.4 Å². The van der Waals surface area contributed by atoms with E-state index in [9.17, 15) is 4.79 Å². The summed E-state index contributed by atoms with van der Waals surface area (Å²) in [5.74, 6) is 1.11. The first-order chi connectivity index (χ1) is 16.6. The van der Waals surface area contributed by atoms with Crippen LogP contribution in [0.3, 0.4) is 0 Å². The second-order valence-electron chi connectivity index (χ2n) is 8.85. The lowest BCUT2D eigenvalue weighted by Crippen LogP contribution is -2.02. The molecule has 7 nitrogen and oxygen atoms in total. The minimum absolute atomic E-state index is 0.0305. The van der Waals surface area contributed by atoms with Crippen LogP contribution in [-0.2, 0) is 18.8 Å². The number of halogens is 2. The number of ketones is 1. The summed E-state index contributed by atoms with van der Waals surface area (Å²) in [6.07, 6.45) is 14.6. The summed E-state index contributed by atoms with van der Waals surface area (Å²) in [6, 6.07) is 5.86. The van der Waals surface area contributed by atoms with Crippen LogP contribution in [0.2, 0.25) is 5.02 Å². The zero-order valence-electron chi connectivity index (χ0n) is 18.4. The summed E-state index contributed by atoms with van der Waals surface area (Å²) in [6.45, 7) is 0.486. The molecular weight excluding hydrogens is 471 g/mol. The number of aromatic nitrogens is 6. The SMILES string of the molecule is O=C(CCc1ncn2ccc(Cl)cc12)c1cnn(Cc2cn3cc(C4CC4)cc(CCl)c3n2)c1. The van der Waals surface area contributed by atoms with Crippen molar-refractivity contribution in [2.24, 2.45) is 0 Å². The zero-order valence-corrected chi connectivity index (χ0v) is 19.9. The maximum Gasteiger partial charge on any atom is 0.166 e. The highest BCUT2D eigenvalue weighted by Gasteiger charge is 2.25. The summed E-state index contributed by atoms with van der Waals surface area (Å²) in [5, 5.41) is 5.04. The van der Waals surface area contributed by atoms with Crippen LogP contribution in [0.15, 0.2) is 55.5 Å². The van der Waals surface area contributed by atoms with Crippen molar-refractivity contribution in [1.29, 1.82) is 0 Å². The second-order valence-corrected chi connectivity index (χ2v) is 9.55. The molecule has 0 aromatic carbocycles. The summed E-state index contributed by atoms with van der Waals surface area (Å²) in [4.78, 5) is 22.0. The van der Waals surface area contributed by atoms with E-state index in [1.54, 1.807) is 23.4 Å². The van der Waals surface area contributed by atoms with E-state index in [1.165, 1.54) is 18.4 Å². The average Bonchev–Trinajstić information content (AvgIpc) is 3.25. The van der Waals surface area contributed by atoms with Crippen molar-refractivity contribution in [3.8, 4) is 0 Å². The van der Waals surface area contributed by atoms with E-state index in [4.69, 9.17) is 28.2 Å². The topological polar surface area (TPSA) is 69.5 Å². The fraction of sp³-hybridized carbons (Fsp3) is 0.280. The van der Waals surface area contributed by atoms with Gasteiger partial charge in [-0.25, -0.2) is 9.97 Å². The molecule has 5 heterocycles. The molecule has 0 N–H and O–H groups in total. The minimum atomic E-state index is 0.0305. The molecule has 1 fully saturated rings. The Morgan fingerprint density at radius 2 is 2.03 bits per heavy atom. The van der Waals surface area contributed by atoms with Crippen molar-refractivity contribution in [1.82, 2.24) is 28.5 Å². The van der Waals surface area contributed by atoms with Crippen molar-refractivity contribution in [3.05, 3.63) is 88.6 Å². The number of carbonyl (C=O) groups is 1. The first-order valence-corrected chi connectivity index (χ1v) is 12.2. The van der Waals surface area contributed by atoms with Crippen LogP contribution in [0.1, 0.15) is 58.1 Å². The van der Waals surface area contributed by atoms with Crippen molar-refractivity contribution >= 4 is 40.1 Å². The predicted molar refractivity (Wildman–Crippen MR) is 131 cm³/mol. The standard InChI is InChI=1S/C25H22Cl2N6O/c26-9-17-7-18(16-1-2-16)11-32-13-21(30-25(17)32)14-33-12-19(10-29-33)24(34)4-3-22-23-8-20(27)5-6-31(23)15-28-22/h5-8,10-13,15-16H,1-4,9,14H2. The Morgan fingerprint density at radius 3 is 2.85 bits per heavy atom. The first-order valence-electron chi connectivity index (χ1n) is 11.3. The predicted octanol–water partition coefficient (Wildman–Crippen LogP) is 5.31. The third-order valence-corrected chi connectivity index (χ3v) is 6.86. The molecule has 9 heteroatoms. The fourth-order valence-electron chi connectivity index (χ4n) is 4.40. The number of aryl methyl sites for hydroxylation is 1. The highest BCUT2D eigenvalue weighted by Crippen LogP contribution is 2.40. The van der Waals surface area contributed by atoms with E-state index < -0.39 is 0 Å². The van der Waals surface area contributed by atoms with Gasteiger partial charge >= 0.3 is 0 Å². The van der Waals surface area contributed by atoms with Gasteiger partial charge in [0.1, 0.15) is 5.65 Å². The second kappa shape index (κ2) is 8.56. The van der Waals surface area contributed by atoms with Crippen molar-refractivity contribution in [2.75, 3.05) is 0 Å². The Kier molecular flexibility index (Phi) is 5.38. The largest absolute Gasteiger partial charge is 0.306 e. The molecule has 1 saturated carbocycles. The number of fused-ring (bicyclic) bond motifs is 2. The Bertz CT molecular complexity index is 1530. The fourth-order valence-corrected chi connectivity index (χ4v) is 4.76. The molecule has 0 aliphatic heterocycles. The van der Waals surface area contributed by atoms with E-state index in [1.807, 2.05) is 28.9 Å². The Balaban J connectivity index is 1.16. The van der Waals surface area contributed by atoms with Gasteiger partial charge < -0.3 is 8.80 Å². The zero-order chi connectivity index (χ0) is 23.2. The summed E-state index contributed by atoms with van der Waals surface area (Å²) < 4.78 is 5.72. The van der Waals surface area contributed by atoms with E-state index in [0.29, 0.717) is 41.8 Å². The van der Waals surface area contributed by atoms with E-state index in [-0.39, 0.29) is 5.78 Å². The molecule has 0 saturated heterocycles. The van der Waals surface area contributed by atoms with Gasteiger partial charge in [0.15, 0.2) is 5.78 Å². The van der Waals surface area contributed by atoms with Crippen molar-refractivity contribution in [2.45, 2.75) is 44.0 Å². The monoisotopic (exact) mass is 492 g/mol. The van der Waals surface area contributed by atoms with Crippen LogP contribution in [-0.4, -0.2) is 34.3 Å². The molecule has 0 radical (unpaired) electrons. The number of hydrogen-bond donors (Lipinski definition) is 0. The summed E-state index contributed by atoms with van der Waals surface area (Å²) >= 11 is 12.3. The first kappa shape index (κ1) is 21.4. The Hall–Kier alpha value is -3.16. The normalized spacial score (nSPS) is 13.8. The highest BCUT2D eigenvalue weighted by molar-refractivity contribution is 6.30. The lowest BCUT2D eigenvalue weighted by atomic mass is 10.1. The minimum Gasteiger partial charge on any atom is -0.306 e. The number of hydrogen-bond acceptors (Lipinski definition) is 4. The van der Waals surface area contributed by atoms with Gasteiger partial charge in [-0.3, -0.25) is 9.48 Å². The molecule has 0 spiro atoms. The maximum atomic E-state index is 12.8. The molecule has 1 aliphatic rings. The van der Waals surface area contributed by atoms with Crippen LogP contribution < -0.4 is 0 Å². The molecule has 6 rings (SSSR count). The van der Waals surface area contributed by atoms with Crippen molar-refractivity contribution < 1.29 is 4.79 Å². The number of pyridine rings is 2. The van der Waals surface area contributed by atoms with E-state index in [0.717, 1.165) is 28.1 Å². The number of carbonyl (C=O) groups excluding carboxylic acids is 1. The van der Waals surface area contributed by atoms with Gasteiger partial charge in [-0.1, -0.05) is 11.6 Å². The number of alkyl halides is 1. The highest BCUT2D eigenvalue weighted by atomic mass is 35.5. The van der Waals surface area contributed by atoms with Crippen LogP contribution >= 0.6 is 23.2 Å². The lowest BCUT2D eigenvalue weighted by Gasteiger charge is -2.04. The van der Waals surface area contributed by atoms with Gasteiger partial charge in [0, 0.05) is 41.8 Å². The molecule has 1 aliphatic carbocycles. The molecule has 5 aromatic heterocycles. The Labute approximate surface area is 206 Å². The van der Waals surface area contributed by atoms with Crippen LogP contribution in [0.4, 0.5) is 0 Å². The van der Waals surface area contributed by atoms with Crippen LogP contribution in [0.25, 0.3) is 11.2 Å². The van der Waals surface area contributed by atoms with Crippen LogP contribution in [0, 0.1) is 0 Å². The molecule has 172 valence electrons. The smallest absolute Gasteiger partial charge is 0.166 e. The summed E-state index contributed by atoms with van der Waals surface area (Å²) in [5.41, 5.74) is 6.49. The average molecular weight is 493 g/mol. The number of Topliss-reactive ketones (excluding diaryl/α,β-unsaturated/α-hetero) is 1. The van der Waals surface area contributed by atoms with Gasteiger partial charge in [-0.15, -0.1) is 11.6 Å². The third kappa shape index (κ3) is 4.10. The molecule has 0 unspecified atom stereocenters. The van der Waals surface area contributed by atoms with Gasteiger partial charge in [-0.05, 0) is 48.9 Å². The third-order valence-electron chi connectivity index (χ3n) is 6.34. The quantitative estimate of drug-likeness (QED) is 0.217. The van der Waals surface area contributed by atoms with E-state index in [2.05, 4.69) is 26.7 Å². The number of rotatable bonds is 8. The molecule has 34 heavy (non-hydrogen) atoms. The van der Waals surface area contributed by atoms with E-state index >= 15 is 0 Å². The molecule has 0 amide bonds. The van der Waals surface area contributed by atoms with Crippen LogP contribution in [0.5, 0.6) is 0 Å². The number of imidazole rings is 2. The van der Waals surface area contributed by atoms with Crippen molar-refractivity contribution in [3.63, 3.8) is 0 Å². The molecular formula is C25H22Cl2N6O. The maximum absolute atomic E-state index is 12.8. The molecule has 5 aromatic rings. The molecule has 0 bridgehead atoms. The van der Waals surface area contributed by atoms with Gasteiger partial charge in [-0.2, -0.15) is 5.10 Å². The molecule has 0 atom stereocenters. The Morgan fingerprint density at radius 1 is 1.15 bits per heavy atom.